The van der Waals surface area contributed by atoms with Gasteiger partial charge in [-0.2, -0.15) is 0 Å². The van der Waals surface area contributed by atoms with Gasteiger partial charge in [-0.25, -0.2) is 0 Å². The summed E-state index contributed by atoms with van der Waals surface area (Å²) in [5.41, 5.74) is 9.22. The first-order valence-corrected chi connectivity index (χ1v) is 1.25. The Balaban J connectivity index is 0. The molecule has 0 aromatic carbocycles. The van der Waals surface area contributed by atoms with E-state index in [1.54, 1.807) is 0 Å². The summed E-state index contributed by atoms with van der Waals surface area (Å²) in [6, 6.07) is 0. The molecule has 0 fully saturated rings. The number of hydrogen-bond donors (Lipinski definition) is 2. The average molecular weight is 114 g/mol. The van der Waals surface area contributed by atoms with Gasteiger partial charge in [-0.15, -0.1) is 12.4 Å². The van der Waals surface area contributed by atoms with Crippen LogP contribution in [-0.4, -0.2) is 12.5 Å². The fourth-order valence-corrected chi connectivity index (χ4v) is 0. The summed E-state index contributed by atoms with van der Waals surface area (Å²) >= 11 is 0. The van der Waals surface area contributed by atoms with Gasteiger partial charge in [-0.1, -0.05) is 0 Å². The highest BCUT2D eigenvalue weighted by Crippen LogP contribution is 1.36. The molecule has 0 spiro atoms. The van der Waals surface area contributed by atoms with Crippen LogP contribution in [0.4, 0.5) is 0 Å². The van der Waals surface area contributed by atoms with Gasteiger partial charge in [0.2, 0.25) is 5.91 Å². The molecule has 0 atom stereocenters. The van der Waals surface area contributed by atoms with Crippen LogP contribution in [-0.2, 0) is 4.79 Å². The molecule has 0 rings (SSSR count). The Morgan fingerprint density at radius 3 is 1.83 bits per heavy atom. The average Bonchev–Trinajstić information content (AvgIpc) is 1.38. The second-order valence-corrected chi connectivity index (χ2v) is 0.670. The highest BCUT2D eigenvalue weighted by Gasteiger charge is 1.77. The van der Waals surface area contributed by atoms with Crippen LogP contribution < -0.4 is 11.5 Å². The van der Waals surface area contributed by atoms with Gasteiger partial charge in [0.05, 0.1) is 6.54 Å². The molecule has 0 aliphatic carbocycles. The number of primary amides is 1. The van der Waals surface area contributed by atoms with Crippen LogP contribution in [0, 0.1) is 0 Å². The Morgan fingerprint density at radius 1 is 1.67 bits per heavy atom. The molecule has 0 bridgehead atoms. The number of rotatable bonds is 1. The lowest BCUT2D eigenvalue weighted by Gasteiger charge is -1.74. The van der Waals surface area contributed by atoms with Crippen molar-refractivity contribution in [3.05, 3.63) is 0 Å². The van der Waals surface area contributed by atoms with E-state index in [0.717, 1.165) is 0 Å². The normalized spacial score (nSPS) is 6.17. The summed E-state index contributed by atoms with van der Waals surface area (Å²) in [5.74, 6) is -0.468. The first-order valence-electron chi connectivity index (χ1n) is 1.25. The van der Waals surface area contributed by atoms with E-state index in [9.17, 15) is 4.79 Å². The van der Waals surface area contributed by atoms with E-state index < -0.39 is 5.91 Å². The first kappa shape index (κ1) is 9.21. The van der Waals surface area contributed by atoms with Crippen molar-refractivity contribution in [3.63, 3.8) is 0 Å². The van der Waals surface area contributed by atoms with E-state index in [4.69, 9.17) is 5.73 Å². The van der Waals surface area contributed by atoms with E-state index in [1.165, 1.54) is 0 Å². The molecular weight excluding hydrogens is 106 g/mol. The molecule has 0 heterocycles. The molecule has 0 aliphatic rings. The standard InChI is InChI=1S/C2H6N2O.ClH/c3-1-2(4)5;/h1,3H2,(H2,4,5);1H/i1+1,2+1,4+1;. The zero-order valence-corrected chi connectivity index (χ0v) is 3.99. The molecule has 3 nitrogen and oxygen atoms in total. The molecule has 0 aliphatic heterocycles. The molecular formula is C2H7ClN2O. The number of nitrogens with two attached hydrogens (primary N) is 2. The van der Waals surface area contributed by atoms with Crippen molar-refractivity contribution >= 4 is 18.3 Å². The molecule has 1 amide bonds. The molecule has 4 N–H and O–H groups in total. The van der Waals surface area contributed by atoms with Gasteiger partial charge < -0.3 is 11.5 Å². The maximum absolute atomic E-state index is 9.47. The summed E-state index contributed by atoms with van der Waals surface area (Å²) in [7, 11) is 0. The van der Waals surface area contributed by atoms with Crippen molar-refractivity contribution in [2.45, 2.75) is 0 Å². The van der Waals surface area contributed by atoms with Gasteiger partial charge in [-0.05, 0) is 0 Å². The smallest absolute Gasteiger partial charge is 0.231 e. The van der Waals surface area contributed by atoms with Gasteiger partial charge >= 0.3 is 0 Å². The second kappa shape index (κ2) is 4.72. The number of amides is 1. The highest BCUT2D eigenvalue weighted by molar-refractivity contribution is 5.85. The van der Waals surface area contributed by atoms with Crippen LogP contribution in [0.3, 0.4) is 0 Å². The van der Waals surface area contributed by atoms with E-state index in [0.29, 0.717) is 0 Å². The Labute approximate surface area is 42.1 Å². The van der Waals surface area contributed by atoms with E-state index in [2.05, 4.69) is 5.73 Å². The summed E-state index contributed by atoms with van der Waals surface area (Å²) in [5, 5.41) is 0. The van der Waals surface area contributed by atoms with Crippen molar-refractivity contribution in [2.24, 2.45) is 11.5 Å². The largest absolute Gasteiger partial charge is 0.369 e. The number of halogens is 1. The molecule has 0 saturated heterocycles. The van der Waals surface area contributed by atoms with Gasteiger partial charge in [0.1, 0.15) is 0 Å². The van der Waals surface area contributed by atoms with Crippen molar-refractivity contribution in [3.8, 4) is 0 Å². The SMILES string of the molecule is Cl.N[13CH2][13C]([15NH2])=O. The Kier molecular flexibility index (Phi) is 7.24. The molecule has 0 aromatic heterocycles. The fraction of sp³-hybridized carbons (Fsp3) is 0.500. The summed E-state index contributed by atoms with van der Waals surface area (Å²) in [6.07, 6.45) is 0. The third-order valence-electron chi connectivity index (χ3n) is 0.201. The molecule has 6 heavy (non-hydrogen) atoms. The van der Waals surface area contributed by atoms with Crippen molar-refractivity contribution in [2.75, 3.05) is 6.54 Å². The van der Waals surface area contributed by atoms with Crippen LogP contribution in [0.1, 0.15) is 0 Å². The number of carbonyl (C=O) groups excluding carboxylic acids is 1. The fourth-order valence-electron chi connectivity index (χ4n) is 0. The monoisotopic (exact) mass is 113 g/mol. The third kappa shape index (κ3) is 9.30. The van der Waals surface area contributed by atoms with E-state index in [1.807, 2.05) is 0 Å². The van der Waals surface area contributed by atoms with E-state index >= 15 is 0 Å². The lowest BCUT2D eigenvalue weighted by atomic mass is 11.6. The van der Waals surface area contributed by atoms with Crippen molar-refractivity contribution < 1.29 is 4.79 Å². The maximum Gasteiger partial charge on any atom is 0.231 e. The van der Waals surface area contributed by atoms with Gasteiger partial charge in [0, 0.05) is 0 Å². The minimum atomic E-state index is -0.468. The van der Waals surface area contributed by atoms with Crippen LogP contribution in [0.25, 0.3) is 0 Å². The first-order chi connectivity index (χ1) is 2.27. The van der Waals surface area contributed by atoms with Crippen LogP contribution in [0.5, 0.6) is 0 Å². The molecule has 0 unspecified atom stereocenters. The molecule has 0 aromatic rings. The predicted molar refractivity (Wildman–Crippen MR) is 25.5 cm³/mol. The van der Waals surface area contributed by atoms with Crippen LogP contribution in [0.2, 0.25) is 0 Å². The van der Waals surface area contributed by atoms with Crippen LogP contribution in [0.15, 0.2) is 0 Å². The van der Waals surface area contributed by atoms with Crippen molar-refractivity contribution in [1.29, 1.82) is 0 Å². The topological polar surface area (TPSA) is 69.1 Å². The highest BCUT2D eigenvalue weighted by atomic mass is 35.5. The number of carbonyl (C=O) groups is 1. The summed E-state index contributed by atoms with van der Waals surface area (Å²) < 4.78 is 0. The van der Waals surface area contributed by atoms with Gasteiger partial charge in [0.25, 0.3) is 0 Å². The molecule has 4 heteroatoms. The predicted octanol–water partition coefficient (Wildman–Crippen LogP) is -1.15. The maximum atomic E-state index is 9.47. The lowest BCUT2D eigenvalue weighted by Crippen LogP contribution is -2.21. The third-order valence-corrected chi connectivity index (χ3v) is 0.201. The molecule has 38 valence electrons. The summed E-state index contributed by atoms with van der Waals surface area (Å²) in [6.45, 7) is -0.0556. The minimum Gasteiger partial charge on any atom is -0.369 e. The van der Waals surface area contributed by atoms with Gasteiger partial charge in [-0.3, -0.25) is 4.79 Å². The Bertz CT molecular complexity index is 46.8. The zero-order chi connectivity index (χ0) is 4.28. The number of hydrogen-bond acceptors (Lipinski definition) is 2. The summed E-state index contributed by atoms with van der Waals surface area (Å²) in [4.78, 5) is 9.47. The molecule has 0 radical (unpaired) electrons. The molecule has 0 saturated carbocycles. The van der Waals surface area contributed by atoms with E-state index in [-0.39, 0.29) is 19.0 Å². The lowest BCUT2D eigenvalue weighted by molar-refractivity contribution is -0.116. The Hall–Kier alpha value is -0.280. The van der Waals surface area contributed by atoms with Crippen LogP contribution >= 0.6 is 12.4 Å². The zero-order valence-electron chi connectivity index (χ0n) is 3.18. The second-order valence-electron chi connectivity index (χ2n) is 0.670. The Morgan fingerprint density at radius 2 is 1.83 bits per heavy atom. The van der Waals surface area contributed by atoms with Gasteiger partial charge in [0.15, 0.2) is 0 Å². The quantitative estimate of drug-likeness (QED) is 0.333. The van der Waals surface area contributed by atoms with Crippen molar-refractivity contribution in [1.82, 2.24) is 0 Å². The minimum absolute atomic E-state index is 0.